The van der Waals surface area contributed by atoms with E-state index in [-0.39, 0.29) is 17.0 Å². The van der Waals surface area contributed by atoms with Crippen molar-refractivity contribution in [1.29, 1.82) is 0 Å². The SMILES string of the molecule is OCCCCCCCCCCCN1CC[NH+](CCCCCCCCCCCO)C1.[Br-]. The lowest BCUT2D eigenvalue weighted by atomic mass is 10.1. The fourth-order valence-electron chi connectivity index (χ4n) is 4.59. The summed E-state index contributed by atoms with van der Waals surface area (Å²) in [6.07, 6.45) is 23.7. The van der Waals surface area contributed by atoms with Crippen molar-refractivity contribution in [2.75, 3.05) is 46.1 Å². The van der Waals surface area contributed by atoms with Gasteiger partial charge in [-0.05, 0) is 32.1 Å². The molecular weight excluding hydrogens is 440 g/mol. The molecule has 0 aromatic carbocycles. The molecule has 5 heteroatoms. The average molecular weight is 494 g/mol. The normalized spacial score (nSPS) is 16.8. The monoisotopic (exact) mass is 492 g/mol. The number of nitrogens with one attached hydrogen (secondary N) is 1. The van der Waals surface area contributed by atoms with Crippen molar-refractivity contribution in [2.24, 2.45) is 0 Å². The van der Waals surface area contributed by atoms with Crippen LogP contribution >= 0.6 is 0 Å². The number of nitrogens with zero attached hydrogens (tertiary/aromatic N) is 1. The molecule has 0 aromatic rings. The number of quaternary nitrogens is 1. The molecule has 1 aliphatic rings. The maximum Gasteiger partial charge on any atom is 0.133 e. The maximum absolute atomic E-state index is 8.77. The molecule has 0 aromatic heterocycles. The number of aliphatic hydroxyl groups is 2. The third kappa shape index (κ3) is 19.0. The van der Waals surface area contributed by atoms with E-state index in [2.05, 4.69) is 4.90 Å². The second-order valence-corrected chi connectivity index (χ2v) is 9.34. The molecule has 1 unspecified atom stereocenters. The third-order valence-electron chi connectivity index (χ3n) is 6.55. The van der Waals surface area contributed by atoms with E-state index in [1.807, 2.05) is 4.90 Å². The van der Waals surface area contributed by atoms with Crippen molar-refractivity contribution in [1.82, 2.24) is 4.90 Å². The van der Waals surface area contributed by atoms with Gasteiger partial charge in [-0.15, -0.1) is 0 Å². The molecule has 0 amide bonds. The summed E-state index contributed by atoms with van der Waals surface area (Å²) < 4.78 is 0. The molecule has 0 aliphatic carbocycles. The highest BCUT2D eigenvalue weighted by molar-refractivity contribution is 4.58. The van der Waals surface area contributed by atoms with Gasteiger partial charge in [0, 0.05) is 19.8 Å². The Labute approximate surface area is 198 Å². The van der Waals surface area contributed by atoms with E-state index in [9.17, 15) is 0 Å². The van der Waals surface area contributed by atoms with Gasteiger partial charge in [-0.1, -0.05) is 83.5 Å². The molecule has 3 N–H and O–H groups in total. The van der Waals surface area contributed by atoms with Crippen LogP contribution in [0.1, 0.15) is 116 Å². The largest absolute Gasteiger partial charge is 1.00 e. The zero-order valence-electron chi connectivity index (χ0n) is 19.9. The van der Waals surface area contributed by atoms with Gasteiger partial charge in [0.25, 0.3) is 0 Å². The minimum absolute atomic E-state index is 0. The van der Waals surface area contributed by atoms with Crippen LogP contribution in [0.25, 0.3) is 0 Å². The zero-order valence-corrected chi connectivity index (χ0v) is 21.5. The molecule has 0 spiro atoms. The van der Waals surface area contributed by atoms with Crippen LogP contribution in [0.15, 0.2) is 0 Å². The Morgan fingerprint density at radius 1 is 0.533 bits per heavy atom. The number of hydrogen-bond acceptors (Lipinski definition) is 3. The van der Waals surface area contributed by atoms with Gasteiger partial charge >= 0.3 is 0 Å². The van der Waals surface area contributed by atoms with E-state index >= 15 is 0 Å². The van der Waals surface area contributed by atoms with Gasteiger partial charge in [-0.3, -0.25) is 4.90 Å². The van der Waals surface area contributed by atoms with Gasteiger partial charge in [0.1, 0.15) is 6.67 Å². The Hall–Kier alpha value is 0.320. The molecule has 1 heterocycles. The lowest BCUT2D eigenvalue weighted by Gasteiger charge is -2.15. The van der Waals surface area contributed by atoms with E-state index in [0.29, 0.717) is 13.2 Å². The summed E-state index contributed by atoms with van der Waals surface area (Å²) in [5, 5.41) is 17.5. The van der Waals surface area contributed by atoms with Crippen molar-refractivity contribution in [2.45, 2.75) is 116 Å². The summed E-state index contributed by atoms with van der Waals surface area (Å²) >= 11 is 0. The topological polar surface area (TPSA) is 48.1 Å². The van der Waals surface area contributed by atoms with Crippen LogP contribution in [0.4, 0.5) is 0 Å². The predicted octanol–water partition coefficient (Wildman–Crippen LogP) is 1.15. The number of rotatable bonds is 22. The van der Waals surface area contributed by atoms with Crippen molar-refractivity contribution in [3.63, 3.8) is 0 Å². The van der Waals surface area contributed by atoms with Gasteiger partial charge in [-0.25, -0.2) is 0 Å². The first-order valence-corrected chi connectivity index (χ1v) is 13.1. The van der Waals surface area contributed by atoms with Crippen molar-refractivity contribution in [3.8, 4) is 0 Å². The van der Waals surface area contributed by atoms with Gasteiger partial charge in [-0.2, -0.15) is 0 Å². The van der Waals surface area contributed by atoms with Crippen molar-refractivity contribution < 1.29 is 32.1 Å². The number of unbranched alkanes of at least 4 members (excludes halogenated alkanes) is 16. The molecule has 0 bridgehead atoms. The highest BCUT2D eigenvalue weighted by Gasteiger charge is 2.21. The minimum atomic E-state index is 0. The smallest absolute Gasteiger partial charge is 0.133 e. The second-order valence-electron chi connectivity index (χ2n) is 9.34. The first-order chi connectivity index (χ1) is 14.4. The lowest BCUT2D eigenvalue weighted by molar-refractivity contribution is -0.892. The number of hydrogen-bond donors (Lipinski definition) is 3. The quantitative estimate of drug-likeness (QED) is 0.199. The summed E-state index contributed by atoms with van der Waals surface area (Å²) in [4.78, 5) is 4.51. The fourth-order valence-corrected chi connectivity index (χ4v) is 4.59. The van der Waals surface area contributed by atoms with Crippen LogP contribution in [0.5, 0.6) is 0 Å². The fraction of sp³-hybridized carbons (Fsp3) is 1.00. The molecule has 1 fully saturated rings. The minimum Gasteiger partial charge on any atom is -1.00 e. The van der Waals surface area contributed by atoms with E-state index < -0.39 is 0 Å². The summed E-state index contributed by atoms with van der Waals surface area (Å²) in [5.74, 6) is 0. The molecule has 1 aliphatic heterocycles. The van der Waals surface area contributed by atoms with Gasteiger partial charge in [0.15, 0.2) is 0 Å². The summed E-state index contributed by atoms with van der Waals surface area (Å²) in [5.41, 5.74) is 0. The molecule has 4 nitrogen and oxygen atoms in total. The first kappa shape index (κ1) is 30.3. The molecule has 1 atom stereocenters. The van der Waals surface area contributed by atoms with Gasteiger partial charge < -0.3 is 32.1 Å². The van der Waals surface area contributed by atoms with E-state index in [0.717, 1.165) is 12.8 Å². The standard InChI is InChI=1S/C25H52N2O2.BrH/c28-23-17-13-9-5-1-3-7-11-15-19-26-21-22-27(25-26)20-16-12-8-4-2-6-10-14-18-24-29;/h28-29H,1-25H2;1H. The molecular formula is C25H53BrN2O2. The highest BCUT2D eigenvalue weighted by Crippen LogP contribution is 2.11. The Bertz CT molecular complexity index is 304. The molecule has 30 heavy (non-hydrogen) atoms. The van der Waals surface area contributed by atoms with E-state index in [1.165, 1.54) is 136 Å². The molecule has 1 saturated heterocycles. The molecule has 1 rings (SSSR count). The third-order valence-corrected chi connectivity index (χ3v) is 6.55. The van der Waals surface area contributed by atoms with Crippen molar-refractivity contribution >= 4 is 0 Å². The summed E-state index contributed by atoms with van der Waals surface area (Å²) in [6, 6.07) is 0. The van der Waals surface area contributed by atoms with Crippen molar-refractivity contribution in [3.05, 3.63) is 0 Å². The Balaban J connectivity index is 0.00000841. The molecule has 182 valence electrons. The average Bonchev–Trinajstić information content (AvgIpc) is 3.18. The Morgan fingerprint density at radius 3 is 1.40 bits per heavy atom. The first-order valence-electron chi connectivity index (χ1n) is 13.1. The maximum atomic E-state index is 8.77. The van der Waals surface area contributed by atoms with E-state index in [4.69, 9.17) is 10.2 Å². The van der Waals surface area contributed by atoms with Crippen LogP contribution in [0, 0.1) is 0 Å². The lowest BCUT2D eigenvalue weighted by Crippen LogP contribution is -3.10. The predicted molar refractivity (Wildman–Crippen MR) is 124 cm³/mol. The van der Waals surface area contributed by atoms with Crippen LogP contribution in [0.3, 0.4) is 0 Å². The summed E-state index contributed by atoms with van der Waals surface area (Å²) in [7, 11) is 0. The van der Waals surface area contributed by atoms with E-state index in [1.54, 1.807) is 0 Å². The van der Waals surface area contributed by atoms with Gasteiger partial charge in [0.2, 0.25) is 0 Å². The molecule has 0 saturated carbocycles. The highest BCUT2D eigenvalue weighted by atomic mass is 79.9. The molecule has 0 radical (unpaired) electrons. The van der Waals surface area contributed by atoms with Crippen LogP contribution in [-0.4, -0.2) is 61.2 Å². The van der Waals surface area contributed by atoms with Gasteiger partial charge in [0.05, 0.1) is 19.6 Å². The zero-order chi connectivity index (χ0) is 20.8. The Morgan fingerprint density at radius 2 is 0.933 bits per heavy atom. The second kappa shape index (κ2) is 24.0. The number of halogens is 1. The summed E-state index contributed by atoms with van der Waals surface area (Å²) in [6.45, 7) is 7.38. The van der Waals surface area contributed by atoms with Crippen LogP contribution in [0.2, 0.25) is 0 Å². The Kier molecular flexibility index (Phi) is 24.2. The number of aliphatic hydroxyl groups excluding tert-OH is 2. The van der Waals surface area contributed by atoms with Crippen LogP contribution in [-0.2, 0) is 0 Å². The van der Waals surface area contributed by atoms with Crippen LogP contribution < -0.4 is 21.9 Å².